The average Bonchev–Trinajstić information content (AvgIpc) is 3.02. The first-order chi connectivity index (χ1) is 22.0. The first kappa shape index (κ1) is 36.5. The zero-order chi connectivity index (χ0) is 33.8. The zero-order valence-electron chi connectivity index (χ0n) is 24.4. The second-order valence-electron chi connectivity index (χ2n) is 8.79. The van der Waals surface area contributed by atoms with Crippen molar-refractivity contribution < 1.29 is 28.5 Å². The number of ether oxygens (including phenoxy) is 5. The summed E-state index contributed by atoms with van der Waals surface area (Å²) in [7, 11) is 2.89. The maximum absolute atomic E-state index is 11.5. The molecule has 0 aliphatic carbocycles. The number of hydrogen-bond acceptors (Lipinski definition) is 10. The summed E-state index contributed by atoms with van der Waals surface area (Å²) in [4.78, 5) is 19.8. The lowest BCUT2D eigenvalue weighted by Crippen LogP contribution is -2.06. The SMILES string of the molecule is CCOC(=O)CCc1cc(Oc2cc(Cl)cc(C#N)c2)c(Cl)c(OC)n1.COc1nc(Br)cc(Oc2cc(Cl)cc(C#N)c2)c1Cl. The number of carbonyl (C=O) groups excluding carboxylic acids is 1. The Hall–Kier alpha value is -3.97. The van der Waals surface area contributed by atoms with E-state index in [1.807, 2.05) is 12.1 Å². The molecule has 46 heavy (non-hydrogen) atoms. The monoisotopic (exact) mass is 766 g/mol. The third-order valence-corrected chi connectivity index (χ3v) is 7.08. The molecule has 2 aromatic heterocycles. The Morgan fingerprint density at radius 2 is 1.28 bits per heavy atom. The highest BCUT2D eigenvalue weighted by atomic mass is 79.9. The number of esters is 1. The van der Waals surface area contributed by atoms with E-state index >= 15 is 0 Å². The quantitative estimate of drug-likeness (QED) is 0.113. The Morgan fingerprint density at radius 1 is 0.783 bits per heavy atom. The first-order valence-corrected chi connectivity index (χ1v) is 15.4. The highest BCUT2D eigenvalue weighted by Crippen LogP contribution is 2.39. The van der Waals surface area contributed by atoms with Crippen molar-refractivity contribution in [2.75, 3.05) is 20.8 Å². The van der Waals surface area contributed by atoms with Gasteiger partial charge in [0, 0.05) is 34.3 Å². The van der Waals surface area contributed by atoms with E-state index in [-0.39, 0.29) is 39.9 Å². The molecule has 2 aromatic carbocycles. The molecule has 10 nitrogen and oxygen atoms in total. The smallest absolute Gasteiger partial charge is 0.306 e. The lowest BCUT2D eigenvalue weighted by Gasteiger charge is -2.12. The van der Waals surface area contributed by atoms with Crippen molar-refractivity contribution in [3.63, 3.8) is 0 Å². The minimum atomic E-state index is -0.320. The molecule has 0 fully saturated rings. The molecule has 0 radical (unpaired) electrons. The molecule has 15 heteroatoms. The molecule has 0 N–H and O–H groups in total. The molecule has 4 rings (SSSR count). The minimum absolute atomic E-state index is 0.167. The van der Waals surface area contributed by atoms with Crippen molar-refractivity contribution in [2.24, 2.45) is 0 Å². The summed E-state index contributed by atoms with van der Waals surface area (Å²) in [6, 6.07) is 16.5. The normalized spacial score (nSPS) is 10.0. The Kier molecular flexibility index (Phi) is 14.0. The van der Waals surface area contributed by atoms with Crippen LogP contribution in [-0.4, -0.2) is 36.8 Å². The maximum atomic E-state index is 11.5. The summed E-state index contributed by atoms with van der Waals surface area (Å²) < 4.78 is 27.0. The van der Waals surface area contributed by atoms with Gasteiger partial charge in [-0.05, 0) is 59.3 Å². The number of rotatable bonds is 10. The highest BCUT2D eigenvalue weighted by molar-refractivity contribution is 9.10. The van der Waals surface area contributed by atoms with Crippen LogP contribution in [0.1, 0.15) is 30.2 Å². The standard InChI is InChI=1S/C18H16Cl2N2O4.C13H7BrCl2N2O2/c1-3-25-16(23)5-4-13-9-15(17(20)18(22-13)24-2)26-14-7-11(10-21)6-12(19)8-14;1-19-13-12(16)10(5-11(14)18-13)20-9-3-7(6-17)2-8(15)4-9/h6-9H,3-5H2,1-2H3;2-5H,1H3. The number of methoxy groups -OCH3 is 2. The number of halogens is 5. The predicted octanol–water partition coefficient (Wildman–Crippen LogP) is 9.38. The zero-order valence-corrected chi connectivity index (χ0v) is 29.0. The van der Waals surface area contributed by atoms with Crippen LogP contribution < -0.4 is 18.9 Å². The van der Waals surface area contributed by atoms with Crippen LogP contribution in [0.15, 0.2) is 53.1 Å². The van der Waals surface area contributed by atoms with E-state index < -0.39 is 0 Å². The van der Waals surface area contributed by atoms with Crippen LogP contribution in [0.5, 0.6) is 34.8 Å². The number of benzene rings is 2. The molecule has 0 amide bonds. The van der Waals surface area contributed by atoms with Crippen molar-refractivity contribution in [1.82, 2.24) is 9.97 Å². The van der Waals surface area contributed by atoms with Crippen LogP contribution in [-0.2, 0) is 16.0 Å². The molecule has 4 aromatic rings. The third-order valence-electron chi connectivity index (χ3n) is 5.54. The van der Waals surface area contributed by atoms with Crippen molar-refractivity contribution >= 4 is 68.3 Å². The molecular weight excluding hydrogens is 746 g/mol. The van der Waals surface area contributed by atoms with Gasteiger partial charge in [0.25, 0.3) is 0 Å². The lowest BCUT2D eigenvalue weighted by molar-refractivity contribution is -0.143. The van der Waals surface area contributed by atoms with Crippen LogP contribution in [0.4, 0.5) is 0 Å². The first-order valence-electron chi connectivity index (χ1n) is 13.1. The molecule has 238 valence electrons. The van der Waals surface area contributed by atoms with E-state index in [4.69, 9.17) is 80.6 Å². The Bertz CT molecular complexity index is 1810. The summed E-state index contributed by atoms with van der Waals surface area (Å²) in [5.41, 5.74) is 1.30. The summed E-state index contributed by atoms with van der Waals surface area (Å²) in [6.07, 6.45) is 0.503. The molecule has 0 bridgehead atoms. The summed E-state index contributed by atoms with van der Waals surface area (Å²) >= 11 is 27.5. The molecule has 0 atom stereocenters. The minimum Gasteiger partial charge on any atom is -0.480 e. The largest absolute Gasteiger partial charge is 0.480 e. The van der Waals surface area contributed by atoms with Crippen LogP contribution in [0, 0.1) is 22.7 Å². The molecule has 0 spiro atoms. The van der Waals surface area contributed by atoms with Gasteiger partial charge in [0.2, 0.25) is 11.8 Å². The number of carbonyl (C=O) groups is 1. The fraction of sp³-hybridized carbons (Fsp3) is 0.194. The van der Waals surface area contributed by atoms with Gasteiger partial charge in [0.1, 0.15) is 26.1 Å². The van der Waals surface area contributed by atoms with E-state index in [9.17, 15) is 4.79 Å². The molecule has 2 heterocycles. The Morgan fingerprint density at radius 3 is 1.76 bits per heavy atom. The second kappa shape index (κ2) is 17.7. The van der Waals surface area contributed by atoms with E-state index in [2.05, 4.69) is 25.9 Å². The van der Waals surface area contributed by atoms with Gasteiger partial charge in [-0.1, -0.05) is 46.4 Å². The van der Waals surface area contributed by atoms with Crippen molar-refractivity contribution in [3.05, 3.63) is 90.0 Å². The third kappa shape index (κ3) is 10.5. The Labute approximate surface area is 293 Å². The van der Waals surface area contributed by atoms with Gasteiger partial charge in [-0.15, -0.1) is 0 Å². The van der Waals surface area contributed by atoms with Crippen LogP contribution in [0.3, 0.4) is 0 Å². The van der Waals surface area contributed by atoms with Crippen LogP contribution in [0.2, 0.25) is 20.1 Å². The molecular formula is C31H23BrCl4N4O6. The molecule has 0 aliphatic heterocycles. The van der Waals surface area contributed by atoms with Gasteiger partial charge < -0.3 is 23.7 Å². The molecule has 0 aliphatic rings. The maximum Gasteiger partial charge on any atom is 0.306 e. The summed E-state index contributed by atoms with van der Waals surface area (Å²) in [6.45, 7) is 2.06. The molecule has 0 saturated carbocycles. The predicted molar refractivity (Wildman–Crippen MR) is 177 cm³/mol. The number of aryl methyl sites for hydroxylation is 1. The van der Waals surface area contributed by atoms with E-state index in [0.717, 1.165) is 0 Å². The Balaban J connectivity index is 0.000000259. The molecule has 0 unspecified atom stereocenters. The molecule has 0 saturated heterocycles. The number of nitrogens with zero attached hydrogens (tertiary/aromatic N) is 4. The average molecular weight is 769 g/mol. The van der Waals surface area contributed by atoms with Gasteiger partial charge in [-0.3, -0.25) is 4.79 Å². The second-order valence-corrected chi connectivity index (χ2v) is 11.2. The van der Waals surface area contributed by atoms with Crippen molar-refractivity contribution in [3.8, 4) is 46.9 Å². The number of nitriles is 2. The fourth-order valence-electron chi connectivity index (χ4n) is 3.62. The van der Waals surface area contributed by atoms with E-state index in [1.54, 1.807) is 43.3 Å². The van der Waals surface area contributed by atoms with E-state index in [0.29, 0.717) is 61.7 Å². The van der Waals surface area contributed by atoms with Crippen LogP contribution in [0.25, 0.3) is 0 Å². The number of hydrogen-bond donors (Lipinski definition) is 0. The lowest BCUT2D eigenvalue weighted by atomic mass is 10.2. The van der Waals surface area contributed by atoms with Gasteiger partial charge >= 0.3 is 5.97 Å². The number of pyridine rings is 2. The van der Waals surface area contributed by atoms with Gasteiger partial charge in [0.15, 0.2) is 11.5 Å². The fourth-order valence-corrected chi connectivity index (χ4v) is 4.87. The highest BCUT2D eigenvalue weighted by Gasteiger charge is 2.16. The summed E-state index contributed by atoms with van der Waals surface area (Å²) in [5.74, 6) is 1.46. The van der Waals surface area contributed by atoms with Crippen molar-refractivity contribution in [2.45, 2.75) is 19.8 Å². The van der Waals surface area contributed by atoms with E-state index in [1.165, 1.54) is 26.4 Å². The number of aromatic nitrogens is 2. The van der Waals surface area contributed by atoms with Gasteiger partial charge in [0.05, 0.1) is 50.5 Å². The van der Waals surface area contributed by atoms with Gasteiger partial charge in [-0.2, -0.15) is 10.5 Å². The van der Waals surface area contributed by atoms with Gasteiger partial charge in [-0.25, -0.2) is 9.97 Å². The van der Waals surface area contributed by atoms with Crippen LogP contribution >= 0.6 is 62.3 Å². The summed E-state index contributed by atoms with van der Waals surface area (Å²) in [5, 5.41) is 19.1. The topological polar surface area (TPSA) is 137 Å². The van der Waals surface area contributed by atoms with Crippen molar-refractivity contribution in [1.29, 1.82) is 10.5 Å².